The molecule has 0 N–H and O–H groups in total. The molecule has 1 unspecified atom stereocenters. The molecule has 9 heteroatoms. The molecule has 120 valence electrons. The van der Waals surface area contributed by atoms with Crippen molar-refractivity contribution in [3.8, 4) is 17.2 Å². The summed E-state index contributed by atoms with van der Waals surface area (Å²) in [5.41, 5.74) is -0.405. The van der Waals surface area contributed by atoms with Gasteiger partial charge in [0.25, 0.3) is 0 Å². The van der Waals surface area contributed by atoms with Crippen LogP contribution in [0.5, 0.6) is 17.2 Å². The van der Waals surface area contributed by atoms with E-state index in [1.54, 1.807) is 0 Å². The SMILES string of the molecule is COc1ccc(C(Br)C(F)(F)C(F)(F)F)c(OC)c1OC. The fourth-order valence-electron chi connectivity index (χ4n) is 1.66. The van der Waals surface area contributed by atoms with Crippen molar-refractivity contribution in [3.05, 3.63) is 17.7 Å². The fraction of sp³-hybridized carbons (Fsp3) is 0.500. The lowest BCUT2D eigenvalue weighted by atomic mass is 10.0. The number of rotatable bonds is 5. The van der Waals surface area contributed by atoms with E-state index in [1.807, 2.05) is 0 Å². The maximum absolute atomic E-state index is 13.4. The molecular weight excluding hydrogens is 367 g/mol. The van der Waals surface area contributed by atoms with Gasteiger partial charge in [0, 0.05) is 5.56 Å². The van der Waals surface area contributed by atoms with E-state index >= 15 is 0 Å². The highest BCUT2D eigenvalue weighted by Gasteiger charge is 2.62. The molecule has 3 nitrogen and oxygen atoms in total. The standard InChI is InChI=1S/C12H12BrF5O3/c1-19-7-5-4-6(8(20-2)9(7)21-3)10(13)11(14,15)12(16,17)18/h4-5,10H,1-3H3. The van der Waals surface area contributed by atoms with Crippen molar-refractivity contribution in [2.24, 2.45) is 0 Å². The third kappa shape index (κ3) is 3.17. The van der Waals surface area contributed by atoms with Crippen LogP contribution in [0.15, 0.2) is 12.1 Å². The van der Waals surface area contributed by atoms with Crippen LogP contribution >= 0.6 is 15.9 Å². The van der Waals surface area contributed by atoms with E-state index in [0.717, 1.165) is 13.2 Å². The van der Waals surface area contributed by atoms with Crippen molar-refractivity contribution >= 4 is 15.9 Å². The lowest BCUT2D eigenvalue weighted by Gasteiger charge is -2.26. The summed E-state index contributed by atoms with van der Waals surface area (Å²) in [7, 11) is 3.65. The Morgan fingerprint density at radius 1 is 0.905 bits per heavy atom. The van der Waals surface area contributed by atoms with Crippen LogP contribution in [0.3, 0.4) is 0 Å². The number of benzene rings is 1. The van der Waals surface area contributed by atoms with Gasteiger partial charge in [0.05, 0.1) is 21.3 Å². The first-order chi connectivity index (χ1) is 9.61. The van der Waals surface area contributed by atoms with E-state index in [4.69, 9.17) is 14.2 Å². The second-order valence-corrected chi connectivity index (χ2v) is 4.82. The van der Waals surface area contributed by atoms with Crippen molar-refractivity contribution in [3.63, 3.8) is 0 Å². The molecule has 0 saturated carbocycles. The summed E-state index contributed by atoms with van der Waals surface area (Å²) in [5, 5.41) is 0. The van der Waals surface area contributed by atoms with Gasteiger partial charge in [-0.1, -0.05) is 15.9 Å². The Hall–Kier alpha value is -1.25. The van der Waals surface area contributed by atoms with Gasteiger partial charge in [-0.3, -0.25) is 0 Å². The van der Waals surface area contributed by atoms with Crippen LogP contribution < -0.4 is 14.2 Å². The molecule has 1 atom stereocenters. The molecule has 0 fully saturated rings. The Balaban J connectivity index is 3.44. The highest BCUT2D eigenvalue weighted by atomic mass is 79.9. The second kappa shape index (κ2) is 6.25. The maximum atomic E-state index is 13.4. The molecule has 0 radical (unpaired) electrons. The van der Waals surface area contributed by atoms with Gasteiger partial charge in [0.1, 0.15) is 4.83 Å². The zero-order valence-corrected chi connectivity index (χ0v) is 12.8. The zero-order chi connectivity index (χ0) is 16.4. The number of methoxy groups -OCH3 is 3. The second-order valence-electron chi connectivity index (χ2n) is 3.91. The summed E-state index contributed by atoms with van der Waals surface area (Å²) in [6.45, 7) is 0. The summed E-state index contributed by atoms with van der Waals surface area (Å²) < 4.78 is 79.0. The minimum atomic E-state index is -5.71. The fourth-order valence-corrected chi connectivity index (χ4v) is 2.28. The molecule has 1 rings (SSSR count). The normalized spacial score (nSPS) is 13.8. The number of hydrogen-bond donors (Lipinski definition) is 0. The van der Waals surface area contributed by atoms with Crippen LogP contribution in [0.2, 0.25) is 0 Å². The zero-order valence-electron chi connectivity index (χ0n) is 11.2. The van der Waals surface area contributed by atoms with Crippen molar-refractivity contribution < 1.29 is 36.2 Å². The molecule has 0 aliphatic carbocycles. The van der Waals surface area contributed by atoms with Gasteiger partial charge in [0.2, 0.25) is 5.75 Å². The maximum Gasteiger partial charge on any atom is 0.454 e. The Morgan fingerprint density at radius 3 is 1.81 bits per heavy atom. The van der Waals surface area contributed by atoms with E-state index in [-0.39, 0.29) is 17.2 Å². The summed E-state index contributed by atoms with van der Waals surface area (Å²) in [6.07, 6.45) is -5.71. The first-order valence-electron chi connectivity index (χ1n) is 5.49. The average molecular weight is 379 g/mol. The van der Waals surface area contributed by atoms with Crippen LogP contribution in [0.1, 0.15) is 10.4 Å². The molecule has 0 heterocycles. The van der Waals surface area contributed by atoms with E-state index in [0.29, 0.717) is 0 Å². The number of hydrogen-bond acceptors (Lipinski definition) is 3. The van der Waals surface area contributed by atoms with Crippen LogP contribution in [-0.2, 0) is 0 Å². The van der Waals surface area contributed by atoms with Crippen LogP contribution in [0, 0.1) is 0 Å². The molecule has 1 aromatic carbocycles. The number of ether oxygens (including phenoxy) is 3. The van der Waals surface area contributed by atoms with Crippen LogP contribution in [0.25, 0.3) is 0 Å². The Bertz CT molecular complexity index is 504. The van der Waals surface area contributed by atoms with Gasteiger partial charge in [0.15, 0.2) is 11.5 Å². The smallest absolute Gasteiger partial charge is 0.454 e. The third-order valence-corrected chi connectivity index (χ3v) is 3.77. The average Bonchev–Trinajstić information content (AvgIpc) is 2.43. The van der Waals surface area contributed by atoms with Gasteiger partial charge in [-0.25, -0.2) is 0 Å². The summed E-state index contributed by atoms with van der Waals surface area (Å²) in [5.74, 6) is -5.17. The quantitative estimate of drug-likeness (QED) is 0.563. The van der Waals surface area contributed by atoms with Gasteiger partial charge in [-0.15, -0.1) is 0 Å². The lowest BCUT2D eigenvalue weighted by Crippen LogP contribution is -2.40. The molecule has 0 aromatic heterocycles. The van der Waals surface area contributed by atoms with E-state index in [9.17, 15) is 22.0 Å². The molecular formula is C12H12BrF5O3. The predicted octanol–water partition coefficient (Wildman–Crippen LogP) is 4.35. The number of halogens is 6. The van der Waals surface area contributed by atoms with Gasteiger partial charge in [-0.2, -0.15) is 22.0 Å². The first kappa shape index (κ1) is 17.8. The topological polar surface area (TPSA) is 27.7 Å². The van der Waals surface area contributed by atoms with Crippen molar-refractivity contribution in [2.45, 2.75) is 16.9 Å². The van der Waals surface area contributed by atoms with Crippen LogP contribution in [-0.4, -0.2) is 33.4 Å². The molecule has 0 saturated heterocycles. The van der Waals surface area contributed by atoms with Gasteiger partial charge in [-0.05, 0) is 12.1 Å². The molecule has 1 aromatic rings. The first-order valence-corrected chi connectivity index (χ1v) is 6.40. The predicted molar refractivity (Wildman–Crippen MR) is 68.8 cm³/mol. The number of alkyl halides is 6. The van der Waals surface area contributed by atoms with Crippen molar-refractivity contribution in [1.82, 2.24) is 0 Å². The Labute approximate surface area is 126 Å². The molecule has 0 aliphatic heterocycles. The van der Waals surface area contributed by atoms with E-state index < -0.39 is 22.5 Å². The van der Waals surface area contributed by atoms with E-state index in [2.05, 4.69) is 15.9 Å². The highest BCUT2D eigenvalue weighted by molar-refractivity contribution is 9.09. The summed E-state index contributed by atoms with van der Waals surface area (Å²) in [4.78, 5) is -2.33. The van der Waals surface area contributed by atoms with Crippen molar-refractivity contribution in [2.75, 3.05) is 21.3 Å². The highest BCUT2D eigenvalue weighted by Crippen LogP contribution is 2.53. The summed E-state index contributed by atoms with van der Waals surface area (Å²) in [6, 6.07) is 2.27. The van der Waals surface area contributed by atoms with E-state index in [1.165, 1.54) is 20.3 Å². The van der Waals surface area contributed by atoms with Gasteiger partial charge >= 0.3 is 12.1 Å². The molecule has 0 spiro atoms. The van der Waals surface area contributed by atoms with Gasteiger partial charge < -0.3 is 14.2 Å². The van der Waals surface area contributed by atoms with Crippen LogP contribution in [0.4, 0.5) is 22.0 Å². The third-order valence-electron chi connectivity index (χ3n) is 2.70. The molecule has 0 aliphatic rings. The summed E-state index contributed by atoms with van der Waals surface area (Å²) >= 11 is 2.40. The molecule has 0 bridgehead atoms. The van der Waals surface area contributed by atoms with Crippen molar-refractivity contribution in [1.29, 1.82) is 0 Å². The Kier molecular flexibility index (Phi) is 5.30. The minimum Gasteiger partial charge on any atom is -0.493 e. The Morgan fingerprint density at radius 2 is 1.43 bits per heavy atom. The monoisotopic (exact) mass is 378 g/mol. The molecule has 21 heavy (non-hydrogen) atoms. The lowest BCUT2D eigenvalue weighted by molar-refractivity contribution is -0.281. The molecule has 0 amide bonds. The minimum absolute atomic E-state index is 0.0695. The largest absolute Gasteiger partial charge is 0.493 e.